The third-order valence-corrected chi connectivity index (χ3v) is 7.64. The molecule has 0 atom stereocenters. The van der Waals surface area contributed by atoms with Gasteiger partial charge in [-0.2, -0.15) is 0 Å². The Labute approximate surface area is 218 Å². The number of hydrogen-bond donors (Lipinski definition) is 0. The standard InChI is InChI=1S/C33H42N2O/c1-9-35-22-33(29(36)28-19-10-23(2)34-30(28)35,20-24-11-15-26(16-12-24)31(3,4)5)21-25-13-17-27(18-14-25)32(6,7)8/h10-19H,9,20-22H2,1-8H3. The molecule has 0 fully saturated rings. The lowest BCUT2D eigenvalue weighted by atomic mass is 9.69. The maximum atomic E-state index is 14.3. The predicted octanol–water partition coefficient (Wildman–Crippen LogP) is 7.48. The molecular formula is C33H42N2O. The molecule has 1 aromatic heterocycles. The van der Waals surface area contributed by atoms with Gasteiger partial charge in [-0.05, 0) is 71.9 Å². The third kappa shape index (κ3) is 5.26. The van der Waals surface area contributed by atoms with Crippen molar-refractivity contribution in [3.8, 4) is 0 Å². The van der Waals surface area contributed by atoms with Gasteiger partial charge in [0.1, 0.15) is 5.82 Å². The zero-order chi connectivity index (χ0) is 26.3. The highest BCUT2D eigenvalue weighted by molar-refractivity contribution is 6.06. The molecule has 0 amide bonds. The van der Waals surface area contributed by atoms with Crippen molar-refractivity contribution in [3.63, 3.8) is 0 Å². The van der Waals surface area contributed by atoms with Crippen LogP contribution >= 0.6 is 0 Å². The van der Waals surface area contributed by atoms with Crippen LogP contribution in [0.1, 0.15) is 86.8 Å². The van der Waals surface area contributed by atoms with Crippen molar-refractivity contribution in [2.24, 2.45) is 5.41 Å². The number of pyridine rings is 1. The number of aryl methyl sites for hydroxylation is 1. The number of Topliss-reactive ketones (excluding diaryl/α,β-unsaturated/α-hetero) is 1. The highest BCUT2D eigenvalue weighted by Crippen LogP contribution is 2.41. The van der Waals surface area contributed by atoms with Crippen molar-refractivity contribution < 1.29 is 4.79 Å². The Balaban J connectivity index is 1.77. The highest BCUT2D eigenvalue weighted by Gasteiger charge is 2.46. The second-order valence-electron chi connectivity index (χ2n) is 12.7. The molecule has 3 heteroatoms. The van der Waals surface area contributed by atoms with Crippen molar-refractivity contribution >= 4 is 11.6 Å². The molecule has 1 aliphatic heterocycles. The Morgan fingerprint density at radius 2 is 1.25 bits per heavy atom. The van der Waals surface area contributed by atoms with Crippen molar-refractivity contribution in [2.75, 3.05) is 18.0 Å². The van der Waals surface area contributed by atoms with E-state index in [1.54, 1.807) is 0 Å². The van der Waals surface area contributed by atoms with E-state index in [1.165, 1.54) is 22.3 Å². The van der Waals surface area contributed by atoms with Crippen molar-refractivity contribution in [1.82, 2.24) is 4.98 Å². The van der Waals surface area contributed by atoms with Gasteiger partial charge in [-0.3, -0.25) is 4.79 Å². The minimum atomic E-state index is -0.549. The van der Waals surface area contributed by atoms with E-state index in [1.807, 2.05) is 19.1 Å². The van der Waals surface area contributed by atoms with Crippen LogP contribution < -0.4 is 4.90 Å². The van der Waals surface area contributed by atoms with E-state index in [-0.39, 0.29) is 16.6 Å². The lowest BCUT2D eigenvalue weighted by molar-refractivity contribution is 0.0782. The zero-order valence-corrected chi connectivity index (χ0v) is 23.4. The number of rotatable bonds is 5. The molecule has 2 aromatic carbocycles. The summed E-state index contributed by atoms with van der Waals surface area (Å²) in [6.07, 6.45) is 1.42. The van der Waals surface area contributed by atoms with E-state index >= 15 is 0 Å². The topological polar surface area (TPSA) is 33.2 Å². The lowest BCUT2D eigenvalue weighted by Gasteiger charge is -2.43. The smallest absolute Gasteiger partial charge is 0.175 e. The summed E-state index contributed by atoms with van der Waals surface area (Å²) in [5.41, 5.74) is 6.41. The van der Waals surface area contributed by atoms with Crippen LogP contribution in [-0.4, -0.2) is 23.9 Å². The molecule has 0 bridgehead atoms. The maximum Gasteiger partial charge on any atom is 0.175 e. The highest BCUT2D eigenvalue weighted by atomic mass is 16.1. The first kappa shape index (κ1) is 26.1. The number of fused-ring (bicyclic) bond motifs is 1. The molecule has 0 spiro atoms. The number of carbonyl (C=O) groups is 1. The van der Waals surface area contributed by atoms with E-state index in [9.17, 15) is 4.79 Å². The molecule has 2 heterocycles. The summed E-state index contributed by atoms with van der Waals surface area (Å²) in [5, 5.41) is 0. The van der Waals surface area contributed by atoms with Gasteiger partial charge >= 0.3 is 0 Å². The van der Waals surface area contributed by atoms with Crippen LogP contribution in [0.4, 0.5) is 5.82 Å². The minimum Gasteiger partial charge on any atom is -0.355 e. The second-order valence-corrected chi connectivity index (χ2v) is 12.7. The molecule has 36 heavy (non-hydrogen) atoms. The first-order valence-corrected chi connectivity index (χ1v) is 13.3. The van der Waals surface area contributed by atoms with Gasteiger partial charge in [0.15, 0.2) is 5.78 Å². The van der Waals surface area contributed by atoms with Gasteiger partial charge in [0.2, 0.25) is 0 Å². The lowest BCUT2D eigenvalue weighted by Crippen LogP contribution is -2.51. The number of anilines is 1. The Kier molecular flexibility index (Phi) is 6.90. The molecule has 0 saturated carbocycles. The van der Waals surface area contributed by atoms with E-state index in [0.717, 1.165) is 23.6 Å². The molecule has 3 aromatic rings. The maximum absolute atomic E-state index is 14.3. The van der Waals surface area contributed by atoms with Crippen molar-refractivity contribution in [3.05, 3.63) is 94.2 Å². The molecule has 0 N–H and O–H groups in total. The number of aromatic nitrogens is 1. The fourth-order valence-electron chi connectivity index (χ4n) is 5.38. The van der Waals surface area contributed by atoms with Gasteiger partial charge in [0.25, 0.3) is 0 Å². The fourth-order valence-corrected chi connectivity index (χ4v) is 5.38. The third-order valence-electron chi connectivity index (χ3n) is 7.64. The van der Waals surface area contributed by atoms with Crippen LogP contribution in [0.15, 0.2) is 60.7 Å². The van der Waals surface area contributed by atoms with Gasteiger partial charge in [-0.15, -0.1) is 0 Å². The summed E-state index contributed by atoms with van der Waals surface area (Å²) in [4.78, 5) is 21.4. The van der Waals surface area contributed by atoms with Crippen LogP contribution in [0.5, 0.6) is 0 Å². The molecule has 0 unspecified atom stereocenters. The molecule has 1 aliphatic rings. The van der Waals surface area contributed by atoms with Gasteiger partial charge < -0.3 is 4.90 Å². The normalized spacial score (nSPS) is 15.7. The van der Waals surface area contributed by atoms with E-state index in [4.69, 9.17) is 4.98 Å². The molecule has 0 saturated heterocycles. The Morgan fingerprint density at radius 1 is 0.778 bits per heavy atom. The van der Waals surface area contributed by atoms with Crippen molar-refractivity contribution in [1.29, 1.82) is 0 Å². The fraction of sp³-hybridized carbons (Fsp3) is 0.455. The largest absolute Gasteiger partial charge is 0.355 e. The number of carbonyl (C=O) groups excluding carboxylic acids is 1. The molecule has 4 rings (SSSR count). The summed E-state index contributed by atoms with van der Waals surface area (Å²) in [6.45, 7) is 19.1. The molecular weight excluding hydrogens is 440 g/mol. The summed E-state index contributed by atoms with van der Waals surface area (Å²) in [7, 11) is 0. The van der Waals surface area contributed by atoms with Crippen LogP contribution in [0, 0.1) is 12.3 Å². The minimum absolute atomic E-state index is 0.104. The first-order valence-electron chi connectivity index (χ1n) is 13.3. The number of benzene rings is 2. The Bertz CT molecular complexity index is 1170. The molecule has 0 aliphatic carbocycles. The average Bonchev–Trinajstić information content (AvgIpc) is 2.81. The Morgan fingerprint density at radius 3 is 1.67 bits per heavy atom. The first-order chi connectivity index (χ1) is 16.8. The molecule has 3 nitrogen and oxygen atoms in total. The summed E-state index contributed by atoms with van der Waals surface area (Å²) in [5.74, 6) is 1.05. The van der Waals surface area contributed by atoms with Crippen molar-refractivity contribution in [2.45, 2.75) is 79.1 Å². The van der Waals surface area contributed by atoms with E-state index < -0.39 is 5.41 Å². The van der Waals surface area contributed by atoms with E-state index in [0.29, 0.717) is 19.4 Å². The molecule has 0 radical (unpaired) electrons. The van der Waals surface area contributed by atoms with Gasteiger partial charge in [0.05, 0.1) is 11.0 Å². The van der Waals surface area contributed by atoms with Crippen LogP contribution in [0.2, 0.25) is 0 Å². The van der Waals surface area contributed by atoms with Gasteiger partial charge in [-0.25, -0.2) is 4.98 Å². The monoisotopic (exact) mass is 482 g/mol. The number of ketones is 1. The average molecular weight is 483 g/mol. The van der Waals surface area contributed by atoms with Gasteiger partial charge in [-0.1, -0.05) is 90.1 Å². The SMILES string of the molecule is CCN1CC(Cc2ccc(C(C)(C)C)cc2)(Cc2ccc(C(C)(C)C)cc2)C(=O)c2ccc(C)nc21. The second kappa shape index (κ2) is 9.50. The quantitative estimate of drug-likeness (QED) is 0.378. The molecule has 190 valence electrons. The zero-order valence-electron chi connectivity index (χ0n) is 23.4. The summed E-state index contributed by atoms with van der Waals surface area (Å²) in [6, 6.07) is 21.7. The Hall–Kier alpha value is -2.94. The van der Waals surface area contributed by atoms with Crippen LogP contribution in [0.3, 0.4) is 0 Å². The van der Waals surface area contributed by atoms with Gasteiger partial charge in [0, 0.05) is 18.8 Å². The summed E-state index contributed by atoms with van der Waals surface area (Å²) >= 11 is 0. The van der Waals surface area contributed by atoms with Crippen LogP contribution in [0.25, 0.3) is 0 Å². The van der Waals surface area contributed by atoms with Crippen LogP contribution in [-0.2, 0) is 23.7 Å². The number of nitrogens with zero attached hydrogens (tertiary/aromatic N) is 2. The summed E-state index contributed by atoms with van der Waals surface area (Å²) < 4.78 is 0. The number of hydrogen-bond acceptors (Lipinski definition) is 3. The van der Waals surface area contributed by atoms with E-state index in [2.05, 4.69) is 102 Å². The predicted molar refractivity (Wildman–Crippen MR) is 151 cm³/mol.